The van der Waals surface area contributed by atoms with Crippen molar-refractivity contribution in [1.82, 2.24) is 5.32 Å². The van der Waals surface area contributed by atoms with Gasteiger partial charge < -0.3 is 16.2 Å². The standard InChI is InChI=1S/C32H40N2O3/c33-23-10-9-19-30(32(36)37)34-31(35)20-6-2-5-14-26-15-11-17-28(24-26)29-18-8-7-16-27(29)22-21-25-12-3-1-4-13-25/h1,3-4,11-13,15,17,24,30H,2,5-10,14,16,18-20,23,33H2,(H,34,35)(H,36,37)/t30-/m0/s1. The van der Waals surface area contributed by atoms with E-state index in [4.69, 9.17) is 5.73 Å². The molecule has 0 radical (unpaired) electrons. The molecule has 4 N–H and O–H groups in total. The summed E-state index contributed by atoms with van der Waals surface area (Å²) in [6.45, 7) is 0.532. The zero-order valence-corrected chi connectivity index (χ0v) is 21.8. The number of aliphatic carboxylic acids is 1. The van der Waals surface area contributed by atoms with Gasteiger partial charge in [-0.15, -0.1) is 0 Å². The molecule has 0 fully saturated rings. The van der Waals surface area contributed by atoms with Crippen molar-refractivity contribution in [2.24, 2.45) is 5.73 Å². The summed E-state index contributed by atoms with van der Waals surface area (Å²) < 4.78 is 0. The molecule has 0 spiro atoms. The summed E-state index contributed by atoms with van der Waals surface area (Å²) >= 11 is 0. The molecule has 0 saturated carbocycles. The predicted octanol–water partition coefficient (Wildman–Crippen LogP) is 5.87. The molecular formula is C32H40N2O3. The van der Waals surface area contributed by atoms with E-state index >= 15 is 0 Å². The van der Waals surface area contributed by atoms with Gasteiger partial charge in [0.1, 0.15) is 6.04 Å². The topological polar surface area (TPSA) is 92.4 Å². The summed E-state index contributed by atoms with van der Waals surface area (Å²) in [6, 6.07) is 18.1. The molecule has 37 heavy (non-hydrogen) atoms. The van der Waals surface area contributed by atoms with E-state index in [1.54, 1.807) is 0 Å². The Labute approximate surface area is 221 Å². The van der Waals surface area contributed by atoms with E-state index in [2.05, 4.69) is 41.4 Å². The van der Waals surface area contributed by atoms with E-state index in [0.29, 0.717) is 25.8 Å². The molecule has 196 valence electrons. The molecule has 0 aliphatic heterocycles. The number of benzene rings is 2. The Balaban J connectivity index is 1.49. The third-order valence-corrected chi connectivity index (χ3v) is 6.82. The largest absolute Gasteiger partial charge is 0.480 e. The van der Waals surface area contributed by atoms with Crippen LogP contribution in [0.25, 0.3) is 5.57 Å². The quantitative estimate of drug-likeness (QED) is 0.237. The van der Waals surface area contributed by atoms with Crippen LogP contribution in [0.4, 0.5) is 0 Å². The van der Waals surface area contributed by atoms with Crippen molar-refractivity contribution in [3.05, 3.63) is 76.9 Å². The van der Waals surface area contributed by atoms with Gasteiger partial charge >= 0.3 is 5.97 Å². The lowest BCUT2D eigenvalue weighted by atomic mass is 9.86. The van der Waals surface area contributed by atoms with E-state index in [1.165, 1.54) is 35.1 Å². The first-order chi connectivity index (χ1) is 18.1. The van der Waals surface area contributed by atoms with E-state index in [1.807, 2.05) is 30.3 Å². The molecule has 0 aromatic heterocycles. The minimum Gasteiger partial charge on any atom is -0.480 e. The van der Waals surface area contributed by atoms with Gasteiger partial charge in [0, 0.05) is 17.6 Å². The van der Waals surface area contributed by atoms with Crippen molar-refractivity contribution in [2.45, 2.75) is 83.1 Å². The first-order valence-electron chi connectivity index (χ1n) is 13.7. The average molecular weight is 501 g/mol. The molecule has 1 aliphatic rings. The third kappa shape index (κ3) is 9.90. The van der Waals surface area contributed by atoms with E-state index in [-0.39, 0.29) is 5.91 Å². The fourth-order valence-corrected chi connectivity index (χ4v) is 4.75. The number of amides is 1. The number of nitrogens with two attached hydrogens (primary N) is 1. The minimum absolute atomic E-state index is 0.185. The molecule has 1 atom stereocenters. The summed E-state index contributed by atoms with van der Waals surface area (Å²) in [5.74, 6) is 5.63. The third-order valence-electron chi connectivity index (χ3n) is 6.82. The molecule has 0 unspecified atom stereocenters. The maximum absolute atomic E-state index is 12.2. The molecule has 2 aromatic rings. The van der Waals surface area contributed by atoms with Crippen LogP contribution in [0, 0.1) is 11.8 Å². The Morgan fingerprint density at radius 3 is 2.51 bits per heavy atom. The van der Waals surface area contributed by atoms with Crippen molar-refractivity contribution in [1.29, 1.82) is 0 Å². The molecule has 0 saturated heterocycles. The summed E-state index contributed by atoms with van der Waals surface area (Å²) in [5, 5.41) is 12.0. The van der Waals surface area contributed by atoms with E-state index in [9.17, 15) is 14.7 Å². The summed E-state index contributed by atoms with van der Waals surface area (Å²) in [5.41, 5.74) is 11.8. The number of carboxylic acids is 1. The first-order valence-corrected chi connectivity index (χ1v) is 13.7. The SMILES string of the molecule is NCCCC[C@H](NC(=O)CCCCCc1cccc(C2=C(C#Cc3ccccc3)CCCC2)c1)C(=O)O. The number of unbranched alkanes of at least 4 members (excludes halogenated alkanes) is 3. The zero-order chi connectivity index (χ0) is 26.3. The van der Waals surface area contributed by atoms with Gasteiger partial charge in [-0.25, -0.2) is 4.79 Å². The number of allylic oxidation sites excluding steroid dienone is 2. The number of carbonyl (C=O) groups excluding carboxylic acids is 1. The van der Waals surface area contributed by atoms with Crippen LogP contribution in [0.1, 0.15) is 87.3 Å². The number of hydrogen-bond donors (Lipinski definition) is 3. The van der Waals surface area contributed by atoms with Crippen LogP contribution in [-0.2, 0) is 16.0 Å². The average Bonchev–Trinajstić information content (AvgIpc) is 2.92. The number of nitrogens with one attached hydrogen (secondary N) is 1. The van der Waals surface area contributed by atoms with Crippen molar-refractivity contribution in [2.75, 3.05) is 6.54 Å². The number of carbonyl (C=O) groups is 2. The van der Waals surface area contributed by atoms with E-state index < -0.39 is 12.0 Å². The Bertz CT molecular complexity index is 1110. The second kappa shape index (κ2) is 15.7. The van der Waals surface area contributed by atoms with Crippen LogP contribution >= 0.6 is 0 Å². The number of carboxylic acid groups (broad SMARTS) is 1. The highest BCUT2D eigenvalue weighted by molar-refractivity contribution is 5.83. The molecular weight excluding hydrogens is 460 g/mol. The van der Waals surface area contributed by atoms with Crippen molar-refractivity contribution in [3.63, 3.8) is 0 Å². The molecule has 5 nitrogen and oxygen atoms in total. The van der Waals surface area contributed by atoms with Crippen LogP contribution in [0.2, 0.25) is 0 Å². The summed E-state index contributed by atoms with van der Waals surface area (Å²) in [6.07, 6.45) is 10.4. The molecule has 1 aliphatic carbocycles. The van der Waals surface area contributed by atoms with Gasteiger partial charge in [-0.1, -0.05) is 60.7 Å². The monoisotopic (exact) mass is 500 g/mol. The van der Waals surface area contributed by atoms with Crippen LogP contribution in [-0.4, -0.2) is 29.6 Å². The van der Waals surface area contributed by atoms with Crippen LogP contribution in [0.15, 0.2) is 60.2 Å². The Kier molecular flexibility index (Phi) is 12.0. The summed E-state index contributed by atoms with van der Waals surface area (Å²) in [4.78, 5) is 23.6. The highest BCUT2D eigenvalue weighted by atomic mass is 16.4. The molecule has 1 amide bonds. The number of aryl methyl sites for hydroxylation is 1. The first kappa shape index (κ1) is 28.2. The normalized spacial score (nSPS) is 14.0. The van der Waals surface area contributed by atoms with Gasteiger partial charge in [-0.3, -0.25) is 4.79 Å². The minimum atomic E-state index is -0.979. The van der Waals surface area contributed by atoms with E-state index in [0.717, 1.165) is 50.5 Å². The Morgan fingerprint density at radius 2 is 1.73 bits per heavy atom. The fourth-order valence-electron chi connectivity index (χ4n) is 4.75. The second-order valence-corrected chi connectivity index (χ2v) is 9.78. The molecule has 3 rings (SSSR count). The molecule has 0 heterocycles. The van der Waals surface area contributed by atoms with Crippen molar-refractivity contribution in [3.8, 4) is 11.8 Å². The van der Waals surface area contributed by atoms with Gasteiger partial charge in [0.15, 0.2) is 0 Å². The predicted molar refractivity (Wildman–Crippen MR) is 150 cm³/mol. The van der Waals surface area contributed by atoms with Crippen molar-refractivity contribution >= 4 is 17.4 Å². The maximum Gasteiger partial charge on any atom is 0.326 e. The molecule has 0 bridgehead atoms. The lowest BCUT2D eigenvalue weighted by Crippen LogP contribution is -2.40. The second-order valence-electron chi connectivity index (χ2n) is 9.78. The fraction of sp³-hybridized carbons (Fsp3) is 0.438. The highest BCUT2D eigenvalue weighted by Crippen LogP contribution is 2.32. The number of rotatable bonds is 13. The summed E-state index contributed by atoms with van der Waals surface area (Å²) in [7, 11) is 0. The van der Waals surface area contributed by atoms with Gasteiger partial charge in [0.25, 0.3) is 0 Å². The molecule has 5 heteroatoms. The zero-order valence-electron chi connectivity index (χ0n) is 21.8. The van der Waals surface area contributed by atoms with Crippen LogP contribution < -0.4 is 11.1 Å². The maximum atomic E-state index is 12.2. The Hall–Kier alpha value is -3.36. The van der Waals surface area contributed by atoms with Crippen molar-refractivity contribution < 1.29 is 14.7 Å². The van der Waals surface area contributed by atoms with Crippen LogP contribution in [0.5, 0.6) is 0 Å². The highest BCUT2D eigenvalue weighted by Gasteiger charge is 2.19. The lowest BCUT2D eigenvalue weighted by Gasteiger charge is -2.18. The lowest BCUT2D eigenvalue weighted by molar-refractivity contribution is -0.142. The Morgan fingerprint density at radius 1 is 0.919 bits per heavy atom. The van der Waals surface area contributed by atoms with Gasteiger partial charge in [-0.05, 0) is 99.6 Å². The van der Waals surface area contributed by atoms with Gasteiger partial charge in [-0.2, -0.15) is 0 Å². The molecule has 2 aromatic carbocycles. The number of hydrogen-bond acceptors (Lipinski definition) is 3. The van der Waals surface area contributed by atoms with Crippen LogP contribution in [0.3, 0.4) is 0 Å². The van der Waals surface area contributed by atoms with Gasteiger partial charge in [0.2, 0.25) is 5.91 Å². The smallest absolute Gasteiger partial charge is 0.326 e. The van der Waals surface area contributed by atoms with Gasteiger partial charge in [0.05, 0.1) is 0 Å².